The van der Waals surface area contributed by atoms with Crippen molar-refractivity contribution in [2.75, 3.05) is 0 Å². The molecule has 0 radical (unpaired) electrons. The molecule has 0 unspecified atom stereocenters. The van der Waals surface area contributed by atoms with Crippen LogP contribution in [0.4, 0.5) is 0 Å². The highest BCUT2D eigenvalue weighted by Gasteiger charge is 1.79. The molecule has 0 aliphatic carbocycles. The molecule has 110 valence electrons. The quantitative estimate of drug-likeness (QED) is 0.244. The van der Waals surface area contributed by atoms with E-state index in [0.717, 1.165) is 0 Å². The smallest absolute Gasteiger partial charge is 0.139 e. The maximum atomic E-state index is 4.97. The van der Waals surface area contributed by atoms with Gasteiger partial charge >= 0.3 is 0 Å². The maximum Gasteiger partial charge on any atom is 0.139 e. The third-order valence-electron chi connectivity index (χ3n) is 0.572. The largest absolute Gasteiger partial charge is 0.309 e. The molecule has 0 aliphatic rings. The van der Waals surface area contributed by atoms with E-state index in [2.05, 4.69) is 44.0 Å². The average molecular weight is 257 g/mol. The van der Waals surface area contributed by atoms with Crippen molar-refractivity contribution in [2.24, 2.45) is 10.8 Å². The van der Waals surface area contributed by atoms with E-state index in [1.165, 1.54) is 18.7 Å². The molecule has 0 bridgehead atoms. The van der Waals surface area contributed by atoms with Gasteiger partial charge in [0.25, 0.3) is 0 Å². The van der Waals surface area contributed by atoms with Crippen molar-refractivity contribution in [3.8, 4) is 0 Å². The van der Waals surface area contributed by atoms with Gasteiger partial charge in [0.1, 0.15) is 5.84 Å². The summed E-state index contributed by atoms with van der Waals surface area (Å²) in [7, 11) is 0. The number of hydrazine groups is 1. The second-order valence-electron chi connectivity index (χ2n) is 2.16. The minimum atomic E-state index is 0.514. The van der Waals surface area contributed by atoms with E-state index in [4.69, 9.17) is 5.84 Å². The Labute approximate surface area is 116 Å². The fourth-order valence-electron chi connectivity index (χ4n) is 0.247. The molecule has 0 aromatic carbocycles. The summed E-state index contributed by atoms with van der Waals surface area (Å²) in [5, 5.41) is 0. The third-order valence-corrected chi connectivity index (χ3v) is 0.572. The monoisotopic (exact) mass is 257 g/mol. The minimum Gasteiger partial charge on any atom is -0.309 e. The van der Waals surface area contributed by atoms with Gasteiger partial charge in [-0.05, 0) is 13.0 Å². The third kappa shape index (κ3) is 85.5. The summed E-state index contributed by atoms with van der Waals surface area (Å²) >= 11 is 0. The number of hydrogen-bond donors (Lipinski definition) is 2. The van der Waals surface area contributed by atoms with Crippen LogP contribution in [0, 0.1) is 0 Å². The van der Waals surface area contributed by atoms with Crippen LogP contribution in [0.3, 0.4) is 0 Å². The van der Waals surface area contributed by atoms with Gasteiger partial charge in [0.05, 0.1) is 0 Å². The summed E-state index contributed by atoms with van der Waals surface area (Å²) in [5.74, 6) is 5.48. The van der Waals surface area contributed by atoms with Crippen LogP contribution in [-0.4, -0.2) is 5.84 Å². The van der Waals surface area contributed by atoms with E-state index in [1.54, 1.807) is 6.08 Å². The number of nitrogens with one attached hydrogen (secondary N) is 1. The van der Waals surface area contributed by atoms with E-state index < -0.39 is 0 Å². The van der Waals surface area contributed by atoms with Crippen molar-refractivity contribution in [3.63, 3.8) is 0 Å². The molecule has 0 aromatic rings. The molecule has 0 aromatic heterocycles. The van der Waals surface area contributed by atoms with Crippen LogP contribution in [0.5, 0.6) is 0 Å². The van der Waals surface area contributed by atoms with Crippen molar-refractivity contribution >= 4 is 5.84 Å². The fourth-order valence-corrected chi connectivity index (χ4v) is 0.247. The zero-order valence-corrected chi connectivity index (χ0v) is 13.6. The minimum absolute atomic E-state index is 0.514. The molecule has 0 rings (SSSR count). The van der Waals surface area contributed by atoms with Gasteiger partial charge < -0.3 is 5.43 Å². The van der Waals surface area contributed by atoms with E-state index in [-0.39, 0.29) is 0 Å². The van der Waals surface area contributed by atoms with Crippen LogP contribution < -0.4 is 11.3 Å². The van der Waals surface area contributed by atoms with Gasteiger partial charge in [-0.15, -0.1) is 6.58 Å². The van der Waals surface area contributed by atoms with Gasteiger partial charge in [0.2, 0.25) is 0 Å². The summed E-state index contributed by atoms with van der Waals surface area (Å²) < 4.78 is 0. The van der Waals surface area contributed by atoms with Crippen LogP contribution in [0.1, 0.15) is 54.9 Å². The van der Waals surface area contributed by atoms with Crippen LogP contribution in [0.2, 0.25) is 0 Å². The highest BCUT2D eigenvalue weighted by atomic mass is 15.2. The summed E-state index contributed by atoms with van der Waals surface area (Å²) in [6.07, 6.45) is 5.89. The Kier molecular flexibility index (Phi) is 95.8. The fraction of sp³-hybridized carbons (Fsp3) is 0.533. The average Bonchev–Trinajstić information content (AvgIpc) is 2.42. The van der Waals surface area contributed by atoms with Crippen LogP contribution in [0.25, 0.3) is 0 Å². The second kappa shape index (κ2) is 57.4. The standard InChI is InChI=1S/C5H9N3.C3H8.C3H6.2C2H6/c1-3-5(8-6)7-4-2;2*1-3-2;2*1-2/h3-4H,1-2,6H2,(H,7,8);3H2,1-2H3;3H,1H2,2H3;2*1-2H3. The first-order valence-corrected chi connectivity index (χ1v) is 6.53. The molecule has 0 atom stereocenters. The van der Waals surface area contributed by atoms with Gasteiger partial charge in [-0.2, -0.15) is 0 Å². The summed E-state index contributed by atoms with van der Waals surface area (Å²) in [6, 6.07) is 0. The Hall–Kier alpha value is -1.35. The summed E-state index contributed by atoms with van der Waals surface area (Å²) in [5.41, 5.74) is 2.31. The van der Waals surface area contributed by atoms with Gasteiger partial charge in [-0.1, -0.05) is 67.2 Å². The Balaban J connectivity index is -0.0000000473. The highest BCUT2D eigenvalue weighted by Crippen LogP contribution is 1.72. The predicted molar refractivity (Wildman–Crippen MR) is 89.7 cm³/mol. The Morgan fingerprint density at radius 2 is 1.39 bits per heavy atom. The Morgan fingerprint density at radius 3 is 1.44 bits per heavy atom. The SMILES string of the molecule is C=CC.C=CN=C(C=C)NN.CC.CC.CCC. The van der Waals surface area contributed by atoms with Crippen molar-refractivity contribution in [1.82, 2.24) is 5.43 Å². The molecular formula is C15H35N3. The van der Waals surface area contributed by atoms with Gasteiger partial charge in [-0.25, -0.2) is 10.8 Å². The van der Waals surface area contributed by atoms with E-state index >= 15 is 0 Å². The molecule has 3 N–H and O–H groups in total. The van der Waals surface area contributed by atoms with E-state index in [0.29, 0.717) is 5.84 Å². The first-order valence-electron chi connectivity index (χ1n) is 6.53. The lowest BCUT2D eigenvalue weighted by molar-refractivity contribution is 1.03. The molecule has 3 heteroatoms. The van der Waals surface area contributed by atoms with Gasteiger partial charge in [-0.3, -0.25) is 0 Å². The molecule has 0 spiro atoms. The highest BCUT2D eigenvalue weighted by molar-refractivity contribution is 5.92. The lowest BCUT2D eigenvalue weighted by Gasteiger charge is -1.92. The number of rotatable bonds is 2. The number of amidine groups is 1. The number of hydrogen-bond acceptors (Lipinski definition) is 2. The lowest BCUT2D eigenvalue weighted by atomic mass is 10.6. The van der Waals surface area contributed by atoms with Crippen LogP contribution >= 0.6 is 0 Å². The van der Waals surface area contributed by atoms with Crippen molar-refractivity contribution in [3.05, 3.63) is 38.1 Å². The Bertz CT molecular complexity index is 161. The topological polar surface area (TPSA) is 50.4 Å². The molecule has 18 heavy (non-hydrogen) atoms. The second-order valence-corrected chi connectivity index (χ2v) is 2.16. The number of aliphatic imine (C=N–C) groups is 1. The van der Waals surface area contributed by atoms with Gasteiger partial charge in [0.15, 0.2) is 0 Å². The molecule has 0 heterocycles. The predicted octanol–water partition coefficient (Wildman–Crippen LogP) is 4.84. The first-order chi connectivity index (χ1) is 8.67. The lowest BCUT2D eigenvalue weighted by Crippen LogP contribution is -2.27. The van der Waals surface area contributed by atoms with Crippen molar-refractivity contribution in [2.45, 2.75) is 54.9 Å². The number of nitrogens with zero attached hydrogens (tertiary/aromatic N) is 1. The molecule has 0 amide bonds. The maximum absolute atomic E-state index is 4.97. The molecule has 0 saturated heterocycles. The Morgan fingerprint density at radius 1 is 1.11 bits per heavy atom. The number of nitrogens with two attached hydrogens (primary N) is 1. The molecule has 0 saturated carbocycles. The van der Waals surface area contributed by atoms with E-state index in [1.807, 2.05) is 34.6 Å². The molecule has 0 aliphatic heterocycles. The first kappa shape index (κ1) is 30.0. The molecule has 0 fully saturated rings. The normalized spacial score (nSPS) is 7.00. The van der Waals surface area contributed by atoms with Crippen molar-refractivity contribution < 1.29 is 0 Å². The van der Waals surface area contributed by atoms with Crippen LogP contribution in [-0.2, 0) is 0 Å². The summed E-state index contributed by atoms with van der Waals surface area (Å²) in [6.45, 7) is 24.3. The zero-order valence-electron chi connectivity index (χ0n) is 13.6. The number of allylic oxidation sites excluding steroid dienone is 1. The molecular weight excluding hydrogens is 222 g/mol. The van der Waals surface area contributed by atoms with Crippen molar-refractivity contribution in [1.29, 1.82) is 0 Å². The zero-order chi connectivity index (χ0) is 15.8. The van der Waals surface area contributed by atoms with Gasteiger partial charge in [0, 0.05) is 6.20 Å². The van der Waals surface area contributed by atoms with E-state index in [9.17, 15) is 0 Å². The molecule has 3 nitrogen and oxygen atoms in total. The van der Waals surface area contributed by atoms with Crippen LogP contribution in [0.15, 0.2) is 43.1 Å². The summed E-state index contributed by atoms with van der Waals surface area (Å²) in [4.78, 5) is 3.69.